The molecule has 0 unspecified atom stereocenters. The molecule has 0 bridgehead atoms. The second-order valence-electron chi connectivity index (χ2n) is 6.08. The second-order valence-corrected chi connectivity index (χ2v) is 8.09. The van der Waals surface area contributed by atoms with Crippen LogP contribution in [0.5, 0.6) is 5.75 Å². The van der Waals surface area contributed by atoms with Gasteiger partial charge in [0.2, 0.25) is 10.0 Å². The fourth-order valence-electron chi connectivity index (χ4n) is 2.32. The lowest BCUT2D eigenvalue weighted by Gasteiger charge is -2.16. The van der Waals surface area contributed by atoms with Gasteiger partial charge in [-0.2, -0.15) is 0 Å². The van der Waals surface area contributed by atoms with E-state index in [1.165, 1.54) is 7.05 Å². The van der Waals surface area contributed by atoms with Crippen LogP contribution in [0, 0.1) is 13.8 Å². The lowest BCUT2D eigenvalue weighted by Crippen LogP contribution is -2.28. The number of benzene rings is 2. The van der Waals surface area contributed by atoms with Gasteiger partial charge in [0.05, 0.1) is 18.5 Å². The summed E-state index contributed by atoms with van der Waals surface area (Å²) in [7, 11) is -1.86. The van der Waals surface area contributed by atoms with Gasteiger partial charge in [0.15, 0.2) is 0 Å². The molecular weight excluding hydrogens is 352 g/mol. The summed E-state index contributed by atoms with van der Waals surface area (Å²) in [5.41, 5.74) is 3.21. The lowest BCUT2D eigenvalue weighted by molar-refractivity contribution is 0.0947. The van der Waals surface area contributed by atoms with Crippen LogP contribution < -0.4 is 14.4 Å². The van der Waals surface area contributed by atoms with Crippen molar-refractivity contribution in [2.75, 3.05) is 30.8 Å². The molecule has 0 saturated carbocycles. The largest absolute Gasteiger partial charge is 0.491 e. The fraction of sp³-hybridized carbons (Fsp3) is 0.316. The van der Waals surface area contributed by atoms with Crippen molar-refractivity contribution in [3.05, 3.63) is 59.2 Å². The standard InChI is InChI=1S/C19H24N2O4S/c1-14-6-5-7-18(15(14)2)25-13-12-20-19(22)16-8-10-17(11-9-16)21(3)26(4,23)24/h5-11H,12-13H2,1-4H3,(H,20,22). The number of rotatable bonds is 7. The highest BCUT2D eigenvalue weighted by Crippen LogP contribution is 2.20. The quantitative estimate of drug-likeness (QED) is 0.754. The molecule has 0 saturated heterocycles. The van der Waals surface area contributed by atoms with Gasteiger partial charge in [0.25, 0.3) is 5.91 Å². The van der Waals surface area contributed by atoms with Crippen LogP contribution in [0.15, 0.2) is 42.5 Å². The number of carbonyl (C=O) groups excluding carboxylic acids is 1. The number of hydrogen-bond acceptors (Lipinski definition) is 4. The van der Waals surface area contributed by atoms with Gasteiger partial charge >= 0.3 is 0 Å². The summed E-state index contributed by atoms with van der Waals surface area (Å²) in [6.07, 6.45) is 1.13. The number of aryl methyl sites for hydroxylation is 1. The normalized spacial score (nSPS) is 11.1. The Hall–Kier alpha value is -2.54. The first-order valence-electron chi connectivity index (χ1n) is 8.21. The van der Waals surface area contributed by atoms with Gasteiger partial charge in [0, 0.05) is 12.6 Å². The Morgan fingerprint density at radius 1 is 1.12 bits per heavy atom. The van der Waals surface area contributed by atoms with Crippen molar-refractivity contribution in [1.29, 1.82) is 0 Å². The minimum Gasteiger partial charge on any atom is -0.491 e. The molecule has 0 aliphatic heterocycles. The highest BCUT2D eigenvalue weighted by Gasteiger charge is 2.12. The predicted molar refractivity (Wildman–Crippen MR) is 103 cm³/mol. The van der Waals surface area contributed by atoms with Crippen molar-refractivity contribution in [2.45, 2.75) is 13.8 Å². The maximum absolute atomic E-state index is 12.2. The van der Waals surface area contributed by atoms with Crippen molar-refractivity contribution in [2.24, 2.45) is 0 Å². The maximum Gasteiger partial charge on any atom is 0.251 e. The Morgan fingerprint density at radius 2 is 1.77 bits per heavy atom. The van der Waals surface area contributed by atoms with Crippen LogP contribution in [-0.4, -0.2) is 40.8 Å². The van der Waals surface area contributed by atoms with E-state index in [9.17, 15) is 13.2 Å². The molecule has 0 fully saturated rings. The van der Waals surface area contributed by atoms with Crippen LogP contribution in [0.4, 0.5) is 5.69 Å². The minimum atomic E-state index is -3.32. The summed E-state index contributed by atoms with van der Waals surface area (Å²) >= 11 is 0. The van der Waals surface area contributed by atoms with E-state index >= 15 is 0 Å². The number of ether oxygens (including phenoxy) is 1. The third-order valence-electron chi connectivity index (χ3n) is 4.19. The molecule has 6 nitrogen and oxygen atoms in total. The summed E-state index contributed by atoms with van der Waals surface area (Å²) in [5, 5.41) is 2.79. The Labute approximate surface area is 154 Å². The summed E-state index contributed by atoms with van der Waals surface area (Å²) < 4.78 is 29.9. The SMILES string of the molecule is Cc1cccc(OCCNC(=O)c2ccc(N(C)S(C)(=O)=O)cc2)c1C. The predicted octanol–water partition coefficient (Wildman–Crippen LogP) is 2.51. The number of carbonyl (C=O) groups is 1. The zero-order valence-corrected chi connectivity index (χ0v) is 16.3. The molecule has 2 aromatic carbocycles. The number of anilines is 1. The summed E-state index contributed by atoms with van der Waals surface area (Å²) in [6.45, 7) is 4.76. The van der Waals surface area contributed by atoms with Crippen molar-refractivity contribution in [1.82, 2.24) is 5.32 Å². The topological polar surface area (TPSA) is 75.7 Å². The van der Waals surface area contributed by atoms with Crippen LogP contribution in [0.1, 0.15) is 21.5 Å². The van der Waals surface area contributed by atoms with Gasteiger partial charge < -0.3 is 10.1 Å². The first-order valence-corrected chi connectivity index (χ1v) is 10.1. The number of sulfonamides is 1. The van der Waals surface area contributed by atoms with Crippen LogP contribution in [0.3, 0.4) is 0 Å². The summed E-state index contributed by atoms with van der Waals surface area (Å²) in [4.78, 5) is 12.2. The Balaban J connectivity index is 1.87. The van der Waals surface area contributed by atoms with E-state index in [2.05, 4.69) is 5.32 Å². The molecule has 0 atom stereocenters. The molecule has 2 aromatic rings. The van der Waals surface area contributed by atoms with E-state index in [0.29, 0.717) is 24.4 Å². The highest BCUT2D eigenvalue weighted by molar-refractivity contribution is 7.92. The van der Waals surface area contributed by atoms with Gasteiger partial charge in [-0.05, 0) is 55.3 Å². The van der Waals surface area contributed by atoms with E-state index in [1.54, 1.807) is 24.3 Å². The first-order chi connectivity index (χ1) is 12.2. The average molecular weight is 376 g/mol. The van der Waals surface area contributed by atoms with Crippen molar-refractivity contribution >= 4 is 21.6 Å². The molecule has 26 heavy (non-hydrogen) atoms. The van der Waals surface area contributed by atoms with Crippen LogP contribution in [0.25, 0.3) is 0 Å². The molecule has 0 aliphatic carbocycles. The van der Waals surface area contributed by atoms with Gasteiger partial charge in [-0.3, -0.25) is 9.10 Å². The molecule has 1 N–H and O–H groups in total. The maximum atomic E-state index is 12.2. The molecule has 0 heterocycles. The van der Waals surface area contributed by atoms with E-state index in [0.717, 1.165) is 27.4 Å². The van der Waals surface area contributed by atoms with Crippen LogP contribution in [0.2, 0.25) is 0 Å². The van der Waals surface area contributed by atoms with Crippen molar-refractivity contribution in [3.8, 4) is 5.75 Å². The van der Waals surface area contributed by atoms with Crippen molar-refractivity contribution in [3.63, 3.8) is 0 Å². The molecule has 2 rings (SSSR count). The third kappa shape index (κ3) is 4.98. The first kappa shape index (κ1) is 19.8. The molecule has 0 radical (unpaired) electrons. The Morgan fingerprint density at radius 3 is 2.38 bits per heavy atom. The molecule has 0 spiro atoms. The van der Waals surface area contributed by atoms with Crippen LogP contribution >= 0.6 is 0 Å². The molecule has 0 aliphatic rings. The van der Waals surface area contributed by atoms with Crippen molar-refractivity contribution < 1.29 is 17.9 Å². The zero-order valence-electron chi connectivity index (χ0n) is 15.4. The van der Waals surface area contributed by atoms with Gasteiger partial charge in [0.1, 0.15) is 12.4 Å². The van der Waals surface area contributed by atoms with E-state index in [1.807, 2.05) is 32.0 Å². The van der Waals surface area contributed by atoms with E-state index in [4.69, 9.17) is 4.74 Å². The number of amides is 1. The molecule has 1 amide bonds. The molecule has 140 valence electrons. The Bertz CT molecular complexity index is 877. The van der Waals surface area contributed by atoms with E-state index < -0.39 is 10.0 Å². The Kier molecular flexibility index (Phi) is 6.26. The highest BCUT2D eigenvalue weighted by atomic mass is 32.2. The molecular formula is C19H24N2O4S. The van der Waals surface area contributed by atoms with Crippen LogP contribution in [-0.2, 0) is 10.0 Å². The monoisotopic (exact) mass is 376 g/mol. The molecule has 0 aromatic heterocycles. The summed E-state index contributed by atoms with van der Waals surface area (Å²) in [6, 6.07) is 12.3. The number of nitrogens with zero attached hydrogens (tertiary/aromatic N) is 1. The minimum absolute atomic E-state index is 0.233. The lowest BCUT2D eigenvalue weighted by atomic mass is 10.1. The summed E-state index contributed by atoms with van der Waals surface area (Å²) in [5.74, 6) is 0.579. The fourth-order valence-corrected chi connectivity index (χ4v) is 2.83. The molecule has 7 heteroatoms. The van der Waals surface area contributed by atoms with Gasteiger partial charge in [-0.15, -0.1) is 0 Å². The van der Waals surface area contributed by atoms with Gasteiger partial charge in [-0.1, -0.05) is 12.1 Å². The average Bonchev–Trinajstić information content (AvgIpc) is 2.60. The van der Waals surface area contributed by atoms with Gasteiger partial charge in [-0.25, -0.2) is 8.42 Å². The zero-order chi connectivity index (χ0) is 19.3. The number of nitrogens with one attached hydrogen (secondary N) is 1. The third-order valence-corrected chi connectivity index (χ3v) is 5.40. The number of hydrogen-bond donors (Lipinski definition) is 1. The second kappa shape index (κ2) is 8.23. The smallest absolute Gasteiger partial charge is 0.251 e. The van der Waals surface area contributed by atoms with E-state index in [-0.39, 0.29) is 5.91 Å².